The third-order valence-electron chi connectivity index (χ3n) is 3.65. The number of sulfonamides is 1. The van der Waals surface area contributed by atoms with Gasteiger partial charge in [-0.25, -0.2) is 8.42 Å². The Balaban J connectivity index is 2.02. The number of phenols is 1. The van der Waals surface area contributed by atoms with Crippen LogP contribution in [0.5, 0.6) is 5.75 Å². The third-order valence-corrected chi connectivity index (χ3v) is 5.05. The smallest absolute Gasteiger partial charge is 0.261 e. The van der Waals surface area contributed by atoms with E-state index in [1.165, 1.54) is 31.4 Å². The monoisotopic (exact) mass is 333 g/mol. The SMILES string of the molecule is CCCCCCc1ccc(S(=O)(=O)Nc2cccc(O)c2)cc1. The summed E-state index contributed by atoms with van der Waals surface area (Å²) in [6, 6.07) is 13.0. The van der Waals surface area contributed by atoms with Gasteiger partial charge in [-0.3, -0.25) is 4.72 Å². The molecule has 2 N–H and O–H groups in total. The standard InChI is InChI=1S/C18H23NO3S/c1-2-3-4-5-7-15-10-12-18(13-11-15)23(21,22)19-16-8-6-9-17(20)14-16/h6,8-14,19-20H,2-5,7H2,1H3. The van der Waals surface area contributed by atoms with Crippen molar-refractivity contribution in [3.05, 3.63) is 54.1 Å². The second-order valence-electron chi connectivity index (χ2n) is 5.61. The second-order valence-corrected chi connectivity index (χ2v) is 7.29. The number of aryl methyl sites for hydroxylation is 1. The first-order chi connectivity index (χ1) is 11.0. The molecule has 0 saturated carbocycles. The van der Waals surface area contributed by atoms with E-state index in [2.05, 4.69) is 11.6 Å². The predicted octanol–water partition coefficient (Wildman–Crippen LogP) is 4.32. The lowest BCUT2D eigenvalue weighted by atomic mass is 10.1. The maximum Gasteiger partial charge on any atom is 0.261 e. The number of nitrogens with one attached hydrogen (secondary N) is 1. The molecule has 5 heteroatoms. The molecular formula is C18H23NO3S. The summed E-state index contributed by atoms with van der Waals surface area (Å²) in [5.41, 5.74) is 1.49. The van der Waals surface area contributed by atoms with Crippen molar-refractivity contribution in [3.8, 4) is 5.75 Å². The van der Waals surface area contributed by atoms with Crippen LogP contribution in [0.1, 0.15) is 38.2 Å². The maximum atomic E-state index is 12.3. The Morgan fingerprint density at radius 2 is 1.74 bits per heavy atom. The van der Waals surface area contributed by atoms with Crippen LogP contribution >= 0.6 is 0 Å². The molecule has 2 aromatic rings. The summed E-state index contributed by atoms with van der Waals surface area (Å²) >= 11 is 0. The Morgan fingerprint density at radius 3 is 2.39 bits per heavy atom. The van der Waals surface area contributed by atoms with Crippen molar-refractivity contribution in [1.82, 2.24) is 0 Å². The van der Waals surface area contributed by atoms with E-state index in [-0.39, 0.29) is 10.6 Å². The van der Waals surface area contributed by atoms with Gasteiger partial charge in [0.1, 0.15) is 5.75 Å². The van der Waals surface area contributed by atoms with E-state index < -0.39 is 10.0 Å². The highest BCUT2D eigenvalue weighted by Gasteiger charge is 2.14. The molecule has 0 radical (unpaired) electrons. The lowest BCUT2D eigenvalue weighted by Crippen LogP contribution is -2.12. The summed E-state index contributed by atoms with van der Waals surface area (Å²) in [5.74, 6) is 0.0210. The Hall–Kier alpha value is -2.01. The van der Waals surface area contributed by atoms with Gasteiger partial charge < -0.3 is 5.11 Å². The van der Waals surface area contributed by atoms with Crippen LogP contribution in [0.4, 0.5) is 5.69 Å². The van der Waals surface area contributed by atoms with Gasteiger partial charge in [-0.1, -0.05) is 44.4 Å². The normalized spacial score (nSPS) is 11.3. The molecule has 0 amide bonds. The van der Waals surface area contributed by atoms with E-state index in [1.807, 2.05) is 12.1 Å². The predicted molar refractivity (Wildman–Crippen MR) is 93.2 cm³/mol. The van der Waals surface area contributed by atoms with Gasteiger partial charge in [0.25, 0.3) is 10.0 Å². The molecule has 0 heterocycles. The van der Waals surface area contributed by atoms with Crippen molar-refractivity contribution in [1.29, 1.82) is 0 Å². The van der Waals surface area contributed by atoms with Crippen LogP contribution in [0.2, 0.25) is 0 Å². The molecule has 0 aliphatic rings. The fourth-order valence-electron chi connectivity index (χ4n) is 2.37. The van der Waals surface area contributed by atoms with Gasteiger partial charge in [-0.15, -0.1) is 0 Å². The lowest BCUT2D eigenvalue weighted by Gasteiger charge is -2.09. The van der Waals surface area contributed by atoms with Crippen molar-refractivity contribution in [2.45, 2.75) is 43.9 Å². The van der Waals surface area contributed by atoms with Gasteiger partial charge in [0.2, 0.25) is 0 Å². The van der Waals surface area contributed by atoms with Gasteiger partial charge in [-0.2, -0.15) is 0 Å². The summed E-state index contributed by atoms with van der Waals surface area (Å²) in [6.07, 6.45) is 5.75. The zero-order valence-electron chi connectivity index (χ0n) is 13.3. The first kappa shape index (κ1) is 17.3. The van der Waals surface area contributed by atoms with Crippen molar-refractivity contribution in [2.75, 3.05) is 4.72 Å². The molecule has 0 atom stereocenters. The van der Waals surface area contributed by atoms with E-state index >= 15 is 0 Å². The van der Waals surface area contributed by atoms with Gasteiger partial charge in [-0.05, 0) is 42.7 Å². The minimum absolute atomic E-state index is 0.0210. The molecule has 0 aromatic heterocycles. The van der Waals surface area contributed by atoms with Crippen LogP contribution < -0.4 is 4.72 Å². The fraction of sp³-hybridized carbons (Fsp3) is 0.333. The van der Waals surface area contributed by atoms with E-state index in [0.717, 1.165) is 18.4 Å². The molecule has 2 rings (SSSR count). The van der Waals surface area contributed by atoms with E-state index in [0.29, 0.717) is 5.69 Å². The number of unbranched alkanes of at least 4 members (excludes halogenated alkanes) is 3. The average Bonchev–Trinajstić information content (AvgIpc) is 2.52. The second kappa shape index (κ2) is 8.02. The molecule has 0 spiro atoms. The average molecular weight is 333 g/mol. The Bertz CT molecular complexity index is 724. The van der Waals surface area contributed by atoms with E-state index in [1.54, 1.807) is 24.3 Å². The molecular weight excluding hydrogens is 310 g/mol. The number of hydrogen-bond donors (Lipinski definition) is 2. The molecule has 4 nitrogen and oxygen atoms in total. The van der Waals surface area contributed by atoms with Crippen LogP contribution in [0.15, 0.2) is 53.4 Å². The van der Waals surface area contributed by atoms with Crippen LogP contribution in [-0.2, 0) is 16.4 Å². The highest BCUT2D eigenvalue weighted by molar-refractivity contribution is 7.92. The lowest BCUT2D eigenvalue weighted by molar-refractivity contribution is 0.475. The summed E-state index contributed by atoms with van der Waals surface area (Å²) in [7, 11) is -3.64. The molecule has 0 bridgehead atoms. The van der Waals surface area contributed by atoms with Crippen molar-refractivity contribution >= 4 is 15.7 Å². The fourth-order valence-corrected chi connectivity index (χ4v) is 3.42. The van der Waals surface area contributed by atoms with Crippen LogP contribution in [0.25, 0.3) is 0 Å². The minimum Gasteiger partial charge on any atom is -0.508 e. The molecule has 0 saturated heterocycles. The van der Waals surface area contributed by atoms with Crippen molar-refractivity contribution < 1.29 is 13.5 Å². The topological polar surface area (TPSA) is 66.4 Å². The van der Waals surface area contributed by atoms with Crippen LogP contribution in [-0.4, -0.2) is 13.5 Å². The Kier molecular flexibility index (Phi) is 6.04. The zero-order chi connectivity index (χ0) is 16.7. The number of phenolic OH excluding ortho intramolecular Hbond substituents is 1. The highest BCUT2D eigenvalue weighted by Crippen LogP contribution is 2.20. The Morgan fingerprint density at radius 1 is 1.00 bits per heavy atom. The van der Waals surface area contributed by atoms with Gasteiger partial charge >= 0.3 is 0 Å². The molecule has 124 valence electrons. The number of aromatic hydroxyl groups is 1. The highest BCUT2D eigenvalue weighted by atomic mass is 32.2. The zero-order valence-corrected chi connectivity index (χ0v) is 14.1. The third kappa shape index (κ3) is 5.28. The molecule has 23 heavy (non-hydrogen) atoms. The van der Waals surface area contributed by atoms with Crippen LogP contribution in [0, 0.1) is 0 Å². The maximum absolute atomic E-state index is 12.3. The molecule has 0 aliphatic carbocycles. The van der Waals surface area contributed by atoms with Crippen LogP contribution in [0.3, 0.4) is 0 Å². The molecule has 0 unspecified atom stereocenters. The molecule has 2 aromatic carbocycles. The molecule has 0 aliphatic heterocycles. The summed E-state index contributed by atoms with van der Waals surface area (Å²) < 4.78 is 27.1. The first-order valence-corrected chi connectivity index (χ1v) is 9.40. The number of anilines is 1. The summed E-state index contributed by atoms with van der Waals surface area (Å²) in [6.45, 7) is 2.18. The first-order valence-electron chi connectivity index (χ1n) is 7.92. The van der Waals surface area contributed by atoms with Crippen molar-refractivity contribution in [3.63, 3.8) is 0 Å². The Labute approximate surface area is 138 Å². The number of rotatable bonds is 8. The number of hydrogen-bond acceptors (Lipinski definition) is 3. The molecule has 0 fully saturated rings. The van der Waals surface area contributed by atoms with Gasteiger partial charge in [0.15, 0.2) is 0 Å². The summed E-state index contributed by atoms with van der Waals surface area (Å²) in [4.78, 5) is 0.221. The van der Waals surface area contributed by atoms with E-state index in [4.69, 9.17) is 0 Å². The van der Waals surface area contributed by atoms with Gasteiger partial charge in [0.05, 0.1) is 10.6 Å². The quantitative estimate of drug-likeness (QED) is 0.707. The van der Waals surface area contributed by atoms with Gasteiger partial charge in [0, 0.05) is 6.07 Å². The van der Waals surface area contributed by atoms with E-state index in [9.17, 15) is 13.5 Å². The number of benzene rings is 2. The van der Waals surface area contributed by atoms with Crippen molar-refractivity contribution in [2.24, 2.45) is 0 Å². The summed E-state index contributed by atoms with van der Waals surface area (Å²) in [5, 5.41) is 9.40. The largest absolute Gasteiger partial charge is 0.508 e. The minimum atomic E-state index is -3.64.